The van der Waals surface area contributed by atoms with Gasteiger partial charge in [-0.3, -0.25) is 9.59 Å². The number of fused-ring (bicyclic) bond motifs is 5. The molecule has 3 nitrogen and oxygen atoms in total. The molecule has 0 aliphatic heterocycles. The molecule has 0 spiro atoms. The van der Waals surface area contributed by atoms with Crippen LogP contribution in [-0.2, 0) is 9.59 Å². The number of aliphatic hydroxyl groups excluding tert-OH is 1. The molecule has 3 heteroatoms. The maximum atomic E-state index is 12.0. The summed E-state index contributed by atoms with van der Waals surface area (Å²) in [7, 11) is 0. The van der Waals surface area contributed by atoms with E-state index in [2.05, 4.69) is 0 Å². The fourth-order valence-electron chi connectivity index (χ4n) is 5.67. The molecule has 4 aliphatic carbocycles. The maximum absolute atomic E-state index is 12.0. The number of hydrogen-bond donors (Lipinski definition) is 1. The molecule has 3 saturated carbocycles. The van der Waals surface area contributed by atoms with Crippen molar-refractivity contribution in [3.05, 3.63) is 11.6 Å². The molecular weight excluding hydrogens is 252 g/mol. The quantitative estimate of drug-likeness (QED) is 0.737. The minimum Gasteiger partial charge on any atom is -0.392 e. The van der Waals surface area contributed by atoms with Crippen LogP contribution in [0.5, 0.6) is 0 Å². The van der Waals surface area contributed by atoms with Gasteiger partial charge in [-0.15, -0.1) is 0 Å². The molecule has 6 atom stereocenters. The molecule has 20 heavy (non-hydrogen) atoms. The van der Waals surface area contributed by atoms with E-state index in [4.69, 9.17) is 0 Å². The SMILES string of the molecule is O=C1C=C2CC[C@@H]3[C@H]4CCC(=O)[C@H]4CC[C@H]3[C@@H]2C(O)C1. The van der Waals surface area contributed by atoms with Gasteiger partial charge in [0.15, 0.2) is 5.78 Å². The van der Waals surface area contributed by atoms with E-state index in [-0.39, 0.29) is 11.7 Å². The van der Waals surface area contributed by atoms with Crippen molar-refractivity contribution in [2.24, 2.45) is 29.6 Å². The molecular formula is C17H22O3. The molecule has 0 aromatic rings. The minimum absolute atomic E-state index is 0.0898. The lowest BCUT2D eigenvalue weighted by atomic mass is 9.55. The second-order valence-corrected chi connectivity index (χ2v) is 7.20. The molecule has 0 radical (unpaired) electrons. The summed E-state index contributed by atoms with van der Waals surface area (Å²) < 4.78 is 0. The third kappa shape index (κ3) is 1.75. The average Bonchev–Trinajstić information content (AvgIpc) is 2.79. The predicted octanol–water partition coefficient (Wildman–Crippen LogP) is 2.28. The van der Waals surface area contributed by atoms with Gasteiger partial charge in [-0.1, -0.05) is 5.57 Å². The van der Waals surface area contributed by atoms with Crippen LogP contribution in [0.25, 0.3) is 0 Å². The summed E-state index contributed by atoms with van der Waals surface area (Å²) in [6, 6.07) is 0. The summed E-state index contributed by atoms with van der Waals surface area (Å²) >= 11 is 0. The van der Waals surface area contributed by atoms with Gasteiger partial charge in [-0.05, 0) is 55.9 Å². The lowest BCUT2D eigenvalue weighted by molar-refractivity contribution is -0.124. The van der Waals surface area contributed by atoms with Crippen molar-refractivity contribution < 1.29 is 14.7 Å². The molecule has 1 unspecified atom stereocenters. The zero-order valence-electron chi connectivity index (χ0n) is 11.8. The molecule has 0 aromatic carbocycles. The Balaban J connectivity index is 1.64. The van der Waals surface area contributed by atoms with Gasteiger partial charge in [0.2, 0.25) is 0 Å². The van der Waals surface area contributed by atoms with E-state index in [9.17, 15) is 14.7 Å². The molecule has 1 N–H and O–H groups in total. The summed E-state index contributed by atoms with van der Waals surface area (Å²) in [4.78, 5) is 23.6. The van der Waals surface area contributed by atoms with Crippen molar-refractivity contribution in [3.63, 3.8) is 0 Å². The highest BCUT2D eigenvalue weighted by atomic mass is 16.3. The summed E-state index contributed by atoms with van der Waals surface area (Å²) in [6.07, 6.45) is 7.58. The molecule has 0 amide bonds. The third-order valence-corrected chi connectivity index (χ3v) is 6.39. The van der Waals surface area contributed by atoms with Crippen LogP contribution in [0.1, 0.15) is 44.9 Å². The lowest BCUT2D eigenvalue weighted by Gasteiger charge is -2.49. The predicted molar refractivity (Wildman–Crippen MR) is 73.9 cm³/mol. The summed E-state index contributed by atoms with van der Waals surface area (Å²) in [5.41, 5.74) is 1.19. The van der Waals surface area contributed by atoms with Gasteiger partial charge < -0.3 is 5.11 Å². The van der Waals surface area contributed by atoms with Crippen LogP contribution in [0.3, 0.4) is 0 Å². The molecule has 3 fully saturated rings. The fourth-order valence-corrected chi connectivity index (χ4v) is 5.67. The van der Waals surface area contributed by atoms with E-state index < -0.39 is 6.10 Å². The number of carbonyl (C=O) groups excluding carboxylic acids is 2. The second kappa shape index (κ2) is 4.52. The Bertz CT molecular complexity index is 492. The van der Waals surface area contributed by atoms with Crippen LogP contribution in [0.4, 0.5) is 0 Å². The Kier molecular flexibility index (Phi) is 2.88. The van der Waals surface area contributed by atoms with Gasteiger partial charge >= 0.3 is 0 Å². The van der Waals surface area contributed by atoms with Gasteiger partial charge in [0, 0.05) is 24.7 Å². The molecule has 0 heterocycles. The van der Waals surface area contributed by atoms with E-state index in [1.807, 2.05) is 0 Å². The lowest BCUT2D eigenvalue weighted by Crippen LogP contribution is -2.46. The molecule has 0 saturated heterocycles. The maximum Gasteiger partial charge on any atom is 0.158 e. The Morgan fingerprint density at radius 1 is 0.950 bits per heavy atom. The summed E-state index contributed by atoms with van der Waals surface area (Å²) in [6.45, 7) is 0. The van der Waals surface area contributed by atoms with Gasteiger partial charge in [0.25, 0.3) is 0 Å². The standard InChI is InChI=1S/C17H22O3/c18-10-7-9-1-2-12-11-5-6-15(19)13(11)3-4-14(12)17(9)16(20)8-10/h7,11-14,16-17,20H,1-6,8H2/t11-,12-,13+,14-,16?,17-/m1/s1. The van der Waals surface area contributed by atoms with Crippen molar-refractivity contribution in [2.75, 3.05) is 0 Å². The first kappa shape index (κ1) is 12.8. The molecule has 4 aliphatic rings. The number of Topliss-reactive ketones (excluding diaryl/α,β-unsaturated/α-hetero) is 1. The van der Waals surface area contributed by atoms with Crippen LogP contribution in [-0.4, -0.2) is 22.8 Å². The van der Waals surface area contributed by atoms with Gasteiger partial charge in [0.05, 0.1) is 6.10 Å². The van der Waals surface area contributed by atoms with E-state index >= 15 is 0 Å². The number of aliphatic hydroxyl groups is 1. The van der Waals surface area contributed by atoms with Crippen LogP contribution >= 0.6 is 0 Å². The Morgan fingerprint density at radius 3 is 2.60 bits per heavy atom. The van der Waals surface area contributed by atoms with E-state index in [0.717, 1.165) is 38.5 Å². The molecule has 4 rings (SSSR count). The monoisotopic (exact) mass is 274 g/mol. The zero-order valence-corrected chi connectivity index (χ0v) is 11.8. The average molecular weight is 274 g/mol. The molecule has 108 valence electrons. The van der Waals surface area contributed by atoms with E-state index in [1.165, 1.54) is 5.57 Å². The number of rotatable bonds is 0. The number of hydrogen-bond acceptors (Lipinski definition) is 3. The first-order chi connectivity index (χ1) is 9.65. The van der Waals surface area contributed by atoms with Crippen LogP contribution in [0.2, 0.25) is 0 Å². The summed E-state index contributed by atoms with van der Waals surface area (Å²) in [5, 5.41) is 10.4. The van der Waals surface area contributed by atoms with Crippen molar-refractivity contribution >= 4 is 11.6 Å². The first-order valence-corrected chi connectivity index (χ1v) is 8.09. The Morgan fingerprint density at radius 2 is 1.75 bits per heavy atom. The minimum atomic E-state index is -0.482. The molecule has 0 bridgehead atoms. The topological polar surface area (TPSA) is 54.4 Å². The smallest absolute Gasteiger partial charge is 0.158 e. The van der Waals surface area contributed by atoms with Crippen molar-refractivity contribution in [1.82, 2.24) is 0 Å². The van der Waals surface area contributed by atoms with Gasteiger partial charge in [0.1, 0.15) is 5.78 Å². The van der Waals surface area contributed by atoms with Crippen LogP contribution in [0.15, 0.2) is 11.6 Å². The van der Waals surface area contributed by atoms with Gasteiger partial charge in [-0.2, -0.15) is 0 Å². The van der Waals surface area contributed by atoms with Crippen molar-refractivity contribution in [3.8, 4) is 0 Å². The highest BCUT2D eigenvalue weighted by Gasteiger charge is 2.51. The molecule has 0 aromatic heterocycles. The second-order valence-electron chi connectivity index (χ2n) is 7.20. The number of carbonyl (C=O) groups is 2. The van der Waals surface area contributed by atoms with Crippen molar-refractivity contribution in [1.29, 1.82) is 0 Å². The third-order valence-electron chi connectivity index (χ3n) is 6.39. The van der Waals surface area contributed by atoms with E-state index in [1.54, 1.807) is 6.08 Å². The van der Waals surface area contributed by atoms with Crippen LogP contribution in [0, 0.1) is 29.6 Å². The van der Waals surface area contributed by atoms with E-state index in [0.29, 0.717) is 35.9 Å². The zero-order chi connectivity index (χ0) is 13.9. The van der Waals surface area contributed by atoms with Crippen molar-refractivity contribution in [2.45, 2.75) is 51.0 Å². The Hall–Kier alpha value is -0.960. The van der Waals surface area contributed by atoms with Crippen LogP contribution < -0.4 is 0 Å². The highest BCUT2D eigenvalue weighted by Crippen LogP contribution is 2.55. The summed E-state index contributed by atoms with van der Waals surface area (Å²) in [5.74, 6) is 2.75. The highest BCUT2D eigenvalue weighted by molar-refractivity contribution is 5.92. The largest absolute Gasteiger partial charge is 0.392 e. The fraction of sp³-hybridized carbons (Fsp3) is 0.765. The normalized spacial score (nSPS) is 47.4. The first-order valence-electron chi connectivity index (χ1n) is 8.09. The Labute approximate surface area is 119 Å². The number of ketones is 2. The van der Waals surface area contributed by atoms with Gasteiger partial charge in [-0.25, -0.2) is 0 Å².